The van der Waals surface area contributed by atoms with E-state index in [0.29, 0.717) is 5.56 Å². The Kier molecular flexibility index (Phi) is 8.19. The molecule has 0 aliphatic heterocycles. The molecule has 0 bridgehead atoms. The molecule has 0 saturated heterocycles. The van der Waals surface area contributed by atoms with Crippen LogP contribution in [0, 0.1) is 0 Å². The summed E-state index contributed by atoms with van der Waals surface area (Å²) in [5, 5.41) is 3.13. The standard InChI is InChI=1S/C27H30FNO3S/c1-27(2,3)29-19-24(33(30,31)23-17-11-6-12-18-23)25(28)26(22-15-9-5-10-16-22)32-20-21-13-7-4-8-14-21/h4-18,26,29H,19-20H2,1-3H3/b25-24-. The van der Waals surface area contributed by atoms with E-state index in [1.807, 2.05) is 57.2 Å². The monoisotopic (exact) mass is 467 g/mol. The largest absolute Gasteiger partial charge is 0.362 e. The summed E-state index contributed by atoms with van der Waals surface area (Å²) < 4.78 is 49.2. The number of benzene rings is 3. The van der Waals surface area contributed by atoms with E-state index in [1.165, 1.54) is 12.1 Å². The van der Waals surface area contributed by atoms with E-state index in [0.717, 1.165) is 5.56 Å². The van der Waals surface area contributed by atoms with Crippen LogP contribution >= 0.6 is 0 Å². The van der Waals surface area contributed by atoms with Gasteiger partial charge in [0.25, 0.3) is 0 Å². The minimum Gasteiger partial charge on any atom is -0.362 e. The van der Waals surface area contributed by atoms with Crippen molar-refractivity contribution in [2.24, 2.45) is 0 Å². The lowest BCUT2D eigenvalue weighted by Crippen LogP contribution is -2.38. The summed E-state index contributed by atoms with van der Waals surface area (Å²) in [4.78, 5) is -0.286. The third-order valence-electron chi connectivity index (χ3n) is 5.02. The molecule has 174 valence electrons. The Bertz CT molecular complexity index is 1160. The second-order valence-corrected chi connectivity index (χ2v) is 10.7. The zero-order chi connectivity index (χ0) is 23.9. The quantitative estimate of drug-likeness (QED) is 0.420. The van der Waals surface area contributed by atoms with Crippen LogP contribution in [0.4, 0.5) is 4.39 Å². The molecule has 6 heteroatoms. The molecule has 0 saturated carbocycles. The van der Waals surface area contributed by atoms with Gasteiger partial charge in [0.05, 0.1) is 16.4 Å². The maximum Gasteiger partial charge on any atom is 0.206 e. The Labute approximate surface area is 196 Å². The first-order chi connectivity index (χ1) is 15.7. The molecule has 0 aromatic heterocycles. The summed E-state index contributed by atoms with van der Waals surface area (Å²) in [6.07, 6.45) is -1.17. The van der Waals surface area contributed by atoms with Gasteiger partial charge in [0.2, 0.25) is 9.84 Å². The van der Waals surface area contributed by atoms with Crippen molar-refractivity contribution < 1.29 is 17.5 Å². The molecule has 0 fully saturated rings. The number of nitrogens with one attached hydrogen (secondary N) is 1. The van der Waals surface area contributed by atoms with Gasteiger partial charge in [-0.1, -0.05) is 78.9 Å². The third kappa shape index (κ3) is 6.84. The molecule has 3 aromatic rings. The van der Waals surface area contributed by atoms with Crippen molar-refractivity contribution in [2.45, 2.75) is 43.9 Å². The summed E-state index contributed by atoms with van der Waals surface area (Å²) in [6.45, 7) is 5.68. The number of hydrogen-bond acceptors (Lipinski definition) is 4. The van der Waals surface area contributed by atoms with Crippen LogP contribution in [0.15, 0.2) is 107 Å². The van der Waals surface area contributed by atoms with Crippen LogP contribution in [0.2, 0.25) is 0 Å². The Hall–Kier alpha value is -2.80. The van der Waals surface area contributed by atoms with Gasteiger partial charge in [0, 0.05) is 12.1 Å². The van der Waals surface area contributed by atoms with Gasteiger partial charge in [-0.15, -0.1) is 0 Å². The molecule has 0 spiro atoms. The predicted octanol–water partition coefficient (Wildman–Crippen LogP) is 5.99. The SMILES string of the molecule is CC(C)(C)NC/C(=C(/F)C(OCc1ccccc1)c1ccccc1)S(=O)(=O)c1ccccc1. The van der Waals surface area contributed by atoms with Gasteiger partial charge < -0.3 is 10.1 Å². The van der Waals surface area contributed by atoms with Gasteiger partial charge in [0.15, 0.2) is 0 Å². The van der Waals surface area contributed by atoms with E-state index in [1.54, 1.807) is 42.5 Å². The highest BCUT2D eigenvalue weighted by atomic mass is 32.2. The van der Waals surface area contributed by atoms with E-state index >= 15 is 4.39 Å². The Balaban J connectivity index is 2.08. The molecule has 0 heterocycles. The van der Waals surface area contributed by atoms with E-state index in [9.17, 15) is 8.42 Å². The highest BCUT2D eigenvalue weighted by Crippen LogP contribution is 2.34. The number of rotatable bonds is 9. The average molecular weight is 468 g/mol. The lowest BCUT2D eigenvalue weighted by atomic mass is 10.1. The Morgan fingerprint density at radius 1 is 0.879 bits per heavy atom. The maximum absolute atomic E-state index is 16.2. The molecule has 3 aromatic carbocycles. The molecule has 0 radical (unpaired) electrons. The van der Waals surface area contributed by atoms with Crippen LogP contribution < -0.4 is 5.32 Å². The summed E-state index contributed by atoms with van der Waals surface area (Å²) in [5.74, 6) is -0.822. The lowest BCUT2D eigenvalue weighted by Gasteiger charge is -2.24. The normalized spacial score (nSPS) is 13.9. The highest BCUT2D eigenvalue weighted by Gasteiger charge is 2.31. The fraction of sp³-hybridized carbons (Fsp3) is 0.259. The predicted molar refractivity (Wildman–Crippen MR) is 130 cm³/mol. The summed E-state index contributed by atoms with van der Waals surface area (Å²) in [7, 11) is -4.10. The molecular weight excluding hydrogens is 437 g/mol. The number of halogens is 1. The van der Waals surface area contributed by atoms with E-state index in [-0.39, 0.29) is 23.0 Å². The molecule has 1 N–H and O–H groups in total. The molecule has 4 nitrogen and oxygen atoms in total. The van der Waals surface area contributed by atoms with Gasteiger partial charge in [-0.05, 0) is 44.0 Å². The fourth-order valence-electron chi connectivity index (χ4n) is 3.24. The minimum absolute atomic E-state index is 0.0423. The van der Waals surface area contributed by atoms with Crippen molar-refractivity contribution in [2.75, 3.05) is 6.54 Å². The first-order valence-electron chi connectivity index (χ1n) is 10.8. The van der Waals surface area contributed by atoms with Crippen LogP contribution in [0.1, 0.15) is 38.0 Å². The Morgan fingerprint density at radius 2 is 1.39 bits per heavy atom. The van der Waals surface area contributed by atoms with Gasteiger partial charge >= 0.3 is 0 Å². The first kappa shape index (κ1) is 24.8. The molecule has 33 heavy (non-hydrogen) atoms. The Morgan fingerprint density at radius 3 is 1.94 bits per heavy atom. The summed E-state index contributed by atoms with van der Waals surface area (Å²) >= 11 is 0. The second-order valence-electron chi connectivity index (χ2n) is 8.78. The molecular formula is C27H30FNO3S. The zero-order valence-electron chi connectivity index (χ0n) is 19.2. The number of hydrogen-bond donors (Lipinski definition) is 1. The third-order valence-corrected chi connectivity index (χ3v) is 6.90. The van der Waals surface area contributed by atoms with Crippen LogP contribution in [0.25, 0.3) is 0 Å². The van der Waals surface area contributed by atoms with Crippen LogP contribution in [0.3, 0.4) is 0 Å². The summed E-state index contributed by atoms with van der Waals surface area (Å²) in [6, 6.07) is 26.2. The van der Waals surface area contributed by atoms with Crippen molar-refractivity contribution in [3.05, 3.63) is 113 Å². The second kappa shape index (κ2) is 10.9. The van der Waals surface area contributed by atoms with Gasteiger partial charge in [-0.25, -0.2) is 12.8 Å². The lowest BCUT2D eigenvalue weighted by molar-refractivity contribution is 0.0488. The van der Waals surface area contributed by atoms with E-state index in [2.05, 4.69) is 5.32 Å². The summed E-state index contributed by atoms with van der Waals surface area (Å²) in [5.41, 5.74) is 0.999. The number of sulfone groups is 1. The minimum atomic E-state index is -4.10. The molecule has 3 rings (SSSR count). The van der Waals surface area contributed by atoms with E-state index < -0.39 is 27.3 Å². The van der Waals surface area contributed by atoms with Crippen LogP contribution in [-0.2, 0) is 21.2 Å². The van der Waals surface area contributed by atoms with E-state index in [4.69, 9.17) is 4.74 Å². The van der Waals surface area contributed by atoms with Crippen molar-refractivity contribution >= 4 is 9.84 Å². The average Bonchev–Trinajstić information content (AvgIpc) is 2.80. The molecule has 0 aliphatic rings. The highest BCUT2D eigenvalue weighted by molar-refractivity contribution is 7.95. The molecule has 0 aliphatic carbocycles. The maximum atomic E-state index is 16.2. The smallest absolute Gasteiger partial charge is 0.206 e. The fourth-order valence-corrected chi connectivity index (χ4v) is 4.66. The molecule has 1 unspecified atom stereocenters. The zero-order valence-corrected chi connectivity index (χ0v) is 20.0. The van der Waals surface area contributed by atoms with Crippen molar-refractivity contribution in [1.82, 2.24) is 5.32 Å². The molecule has 0 amide bonds. The van der Waals surface area contributed by atoms with Gasteiger partial charge in [0.1, 0.15) is 11.9 Å². The van der Waals surface area contributed by atoms with Crippen LogP contribution in [-0.4, -0.2) is 20.5 Å². The topological polar surface area (TPSA) is 55.4 Å². The van der Waals surface area contributed by atoms with Crippen molar-refractivity contribution in [3.63, 3.8) is 0 Å². The first-order valence-corrected chi connectivity index (χ1v) is 12.3. The van der Waals surface area contributed by atoms with Gasteiger partial charge in [-0.2, -0.15) is 0 Å². The van der Waals surface area contributed by atoms with Crippen molar-refractivity contribution in [1.29, 1.82) is 0 Å². The molecule has 1 atom stereocenters. The number of ether oxygens (including phenoxy) is 1. The van der Waals surface area contributed by atoms with Crippen LogP contribution in [0.5, 0.6) is 0 Å². The van der Waals surface area contributed by atoms with Gasteiger partial charge in [-0.3, -0.25) is 0 Å². The van der Waals surface area contributed by atoms with Crippen molar-refractivity contribution in [3.8, 4) is 0 Å².